The largest absolute Gasteiger partial charge is 0.488 e. The lowest BCUT2D eigenvalue weighted by atomic mass is 10.0. The van der Waals surface area contributed by atoms with Gasteiger partial charge in [-0.1, -0.05) is 51.1 Å². The molecule has 13 heteroatoms. The van der Waals surface area contributed by atoms with Gasteiger partial charge in [-0.3, -0.25) is 0 Å². The molecule has 2 aromatic carbocycles. The van der Waals surface area contributed by atoms with Gasteiger partial charge >= 0.3 is 6.18 Å². The van der Waals surface area contributed by atoms with Gasteiger partial charge in [-0.2, -0.15) is 18.4 Å². The molecule has 0 saturated heterocycles. The highest BCUT2D eigenvalue weighted by Gasteiger charge is 2.38. The number of pyridine rings is 3. The van der Waals surface area contributed by atoms with E-state index in [0.29, 0.717) is 6.20 Å². The van der Waals surface area contributed by atoms with E-state index < -0.39 is 31.7 Å². The molecule has 3 heterocycles. The van der Waals surface area contributed by atoms with Crippen LogP contribution in [0.15, 0.2) is 67.0 Å². The number of hydrogen-bond acceptors (Lipinski definition) is 7. The minimum Gasteiger partial charge on any atom is -0.488 e. The maximum atomic E-state index is 15.3. The molecule has 0 aliphatic heterocycles. The predicted octanol–water partition coefficient (Wildman–Crippen LogP) is 10.1. The fourth-order valence-electron chi connectivity index (χ4n) is 4.83. The van der Waals surface area contributed by atoms with E-state index in [2.05, 4.69) is 15.0 Å². The number of nitrogens with zero attached hydrogens (tertiary/aromatic N) is 4. The van der Waals surface area contributed by atoms with Gasteiger partial charge in [0.15, 0.2) is 25.6 Å². The number of alkyl halides is 3. The Kier molecular flexibility index (Phi) is 9.76. The number of hydrogen-bond donors (Lipinski definition) is 0. The molecule has 0 bridgehead atoms. The predicted molar refractivity (Wildman–Crippen MR) is 176 cm³/mol. The van der Waals surface area contributed by atoms with Crippen molar-refractivity contribution in [3.8, 4) is 34.7 Å². The average Bonchev–Trinajstić information content (AvgIpc) is 3.04. The molecule has 254 valence electrons. The van der Waals surface area contributed by atoms with Gasteiger partial charge in [0, 0.05) is 18.5 Å². The summed E-state index contributed by atoms with van der Waals surface area (Å²) in [6, 6.07) is 16.1. The topological polar surface area (TPSA) is 90.2 Å². The van der Waals surface area contributed by atoms with Crippen LogP contribution in [-0.2, 0) is 23.8 Å². The van der Waals surface area contributed by atoms with Crippen molar-refractivity contribution in [1.29, 1.82) is 5.26 Å². The molecule has 5 aromatic rings. The quantitative estimate of drug-likeness (QED) is 0.112. The van der Waals surface area contributed by atoms with Crippen LogP contribution >= 0.6 is 0 Å². The Bertz CT molecular complexity index is 2060. The zero-order valence-corrected chi connectivity index (χ0v) is 28.7. The van der Waals surface area contributed by atoms with E-state index in [1.165, 1.54) is 31.3 Å². The molecule has 0 N–H and O–H groups in total. The molecule has 0 saturated carbocycles. The molecule has 49 heavy (non-hydrogen) atoms. The van der Waals surface area contributed by atoms with Gasteiger partial charge in [-0.15, -0.1) is 0 Å². The average molecular weight is 693 g/mol. The lowest BCUT2D eigenvalue weighted by Crippen LogP contribution is -2.40. The molecule has 0 amide bonds. The lowest BCUT2D eigenvalue weighted by Gasteiger charge is -2.36. The van der Waals surface area contributed by atoms with Crippen LogP contribution in [0.5, 0.6) is 17.4 Å². The van der Waals surface area contributed by atoms with Crippen molar-refractivity contribution in [2.24, 2.45) is 0 Å². The third-order valence-electron chi connectivity index (χ3n) is 8.64. The van der Waals surface area contributed by atoms with E-state index in [0.717, 1.165) is 11.6 Å². The lowest BCUT2D eigenvalue weighted by molar-refractivity contribution is -0.138. The number of benzene rings is 2. The van der Waals surface area contributed by atoms with Crippen molar-refractivity contribution < 1.29 is 35.9 Å². The Morgan fingerprint density at radius 3 is 2.29 bits per heavy atom. The molecule has 0 atom stereocenters. The maximum absolute atomic E-state index is 15.3. The summed E-state index contributed by atoms with van der Waals surface area (Å²) in [6.45, 7) is 10.8. The summed E-state index contributed by atoms with van der Waals surface area (Å²) in [4.78, 5) is 12.7. The van der Waals surface area contributed by atoms with Gasteiger partial charge in [-0.05, 0) is 54.4 Å². The smallest absolute Gasteiger partial charge is 0.418 e. The SMILES string of the molecule is Cc1c(C(F)(F)F)cnc(Oc2ccc(F)c(F)c2CO[Si](C)(C)C(C)(C)C)c1-c1cc(OCc2ccccc2)c2c(C#N)nccc2n1. The van der Waals surface area contributed by atoms with Crippen LogP contribution in [0.1, 0.15) is 48.7 Å². The van der Waals surface area contributed by atoms with Gasteiger partial charge in [0.1, 0.15) is 24.2 Å². The van der Waals surface area contributed by atoms with Crippen LogP contribution in [0, 0.1) is 29.9 Å². The molecule has 0 spiro atoms. The first kappa shape index (κ1) is 35.4. The van der Waals surface area contributed by atoms with E-state index in [-0.39, 0.29) is 74.6 Å². The molecule has 0 aliphatic rings. The summed E-state index contributed by atoms with van der Waals surface area (Å²) >= 11 is 0. The summed E-state index contributed by atoms with van der Waals surface area (Å²) in [5.41, 5.74) is -0.774. The number of halogens is 5. The van der Waals surface area contributed by atoms with Crippen molar-refractivity contribution in [3.05, 3.63) is 107 Å². The van der Waals surface area contributed by atoms with Gasteiger partial charge in [-0.25, -0.2) is 23.7 Å². The molecule has 0 fully saturated rings. The highest BCUT2D eigenvalue weighted by Crippen LogP contribution is 2.44. The molecule has 7 nitrogen and oxygen atoms in total. The van der Waals surface area contributed by atoms with E-state index in [1.54, 1.807) is 0 Å². The summed E-state index contributed by atoms with van der Waals surface area (Å²) < 4.78 is 90.9. The first-order valence-electron chi connectivity index (χ1n) is 15.2. The second-order valence-electron chi connectivity index (χ2n) is 12.9. The number of rotatable bonds is 9. The Morgan fingerprint density at radius 2 is 1.63 bits per heavy atom. The Labute approximate surface area is 281 Å². The van der Waals surface area contributed by atoms with E-state index in [9.17, 15) is 22.8 Å². The number of nitriles is 1. The van der Waals surface area contributed by atoms with E-state index in [1.807, 2.05) is 70.3 Å². The van der Waals surface area contributed by atoms with Gasteiger partial charge in [0.05, 0.1) is 39.9 Å². The van der Waals surface area contributed by atoms with Crippen molar-refractivity contribution in [2.45, 2.75) is 65.2 Å². The van der Waals surface area contributed by atoms with Crippen LogP contribution in [0.25, 0.3) is 22.2 Å². The summed E-state index contributed by atoms with van der Waals surface area (Å²) in [5.74, 6) is -2.76. The summed E-state index contributed by atoms with van der Waals surface area (Å²) in [6.07, 6.45) is -2.83. The molecule has 0 aliphatic carbocycles. The third kappa shape index (κ3) is 7.40. The molecular formula is C36H33F5N4O3Si. The van der Waals surface area contributed by atoms with Crippen LogP contribution in [0.4, 0.5) is 22.0 Å². The number of fused-ring (bicyclic) bond motifs is 1. The van der Waals surface area contributed by atoms with E-state index >= 15 is 4.39 Å². The molecule has 3 aromatic heterocycles. The van der Waals surface area contributed by atoms with Gasteiger partial charge < -0.3 is 13.9 Å². The van der Waals surface area contributed by atoms with Crippen molar-refractivity contribution in [3.63, 3.8) is 0 Å². The zero-order valence-electron chi connectivity index (χ0n) is 27.7. The van der Waals surface area contributed by atoms with Gasteiger partial charge in [0.25, 0.3) is 0 Å². The first-order chi connectivity index (χ1) is 23.0. The van der Waals surface area contributed by atoms with Crippen LogP contribution in [-0.4, -0.2) is 23.3 Å². The first-order valence-corrected chi connectivity index (χ1v) is 18.1. The van der Waals surface area contributed by atoms with Gasteiger partial charge in [0.2, 0.25) is 5.88 Å². The highest BCUT2D eigenvalue weighted by atomic mass is 28.4. The van der Waals surface area contributed by atoms with Crippen molar-refractivity contribution in [1.82, 2.24) is 15.0 Å². The molecular weight excluding hydrogens is 659 g/mol. The molecule has 0 unspecified atom stereocenters. The number of ether oxygens (including phenoxy) is 2. The Hall–Kier alpha value is -4.93. The second-order valence-corrected chi connectivity index (χ2v) is 17.7. The molecule has 5 rings (SSSR count). The van der Waals surface area contributed by atoms with Crippen LogP contribution < -0.4 is 9.47 Å². The summed E-state index contributed by atoms with van der Waals surface area (Å²) in [5, 5.41) is 9.81. The van der Waals surface area contributed by atoms with E-state index in [4.69, 9.17) is 13.9 Å². The fourth-order valence-corrected chi connectivity index (χ4v) is 5.77. The zero-order chi connectivity index (χ0) is 35.7. The Morgan fingerprint density at radius 1 is 0.918 bits per heavy atom. The highest BCUT2D eigenvalue weighted by molar-refractivity contribution is 6.74. The normalized spacial score (nSPS) is 12.2. The minimum absolute atomic E-state index is 0.00290. The van der Waals surface area contributed by atoms with Crippen LogP contribution in [0.3, 0.4) is 0 Å². The standard InChI is InChI=1S/C36H33F5N4O3Si/c1-21-24(36(39,40)41)18-44-34(48-29-13-12-25(37)33(38)23(29)20-47-49(5,6)35(2,3)4)31(21)27-16-30(46-19-22-10-8-7-9-11-22)32-26(45-27)14-15-43-28(32)17-42/h7-16,18H,19-20H2,1-6H3. The van der Waals surface area contributed by atoms with Crippen molar-refractivity contribution in [2.75, 3.05) is 0 Å². The molecule has 0 radical (unpaired) electrons. The maximum Gasteiger partial charge on any atom is 0.418 e. The monoisotopic (exact) mass is 692 g/mol. The Balaban J connectivity index is 1.69. The fraction of sp³-hybridized carbons (Fsp3) is 0.278. The van der Waals surface area contributed by atoms with Crippen LogP contribution in [0.2, 0.25) is 18.1 Å². The number of aromatic nitrogens is 3. The third-order valence-corrected chi connectivity index (χ3v) is 13.1. The summed E-state index contributed by atoms with van der Waals surface area (Å²) in [7, 11) is -2.45. The minimum atomic E-state index is -4.80. The van der Waals surface area contributed by atoms with Crippen molar-refractivity contribution >= 4 is 19.2 Å². The second kappa shape index (κ2) is 13.5.